The van der Waals surface area contributed by atoms with E-state index in [1.54, 1.807) is 6.08 Å². The first-order chi connectivity index (χ1) is 6.24. The number of rotatable bonds is 3. The van der Waals surface area contributed by atoms with Crippen molar-refractivity contribution in [2.75, 3.05) is 0 Å². The molecule has 1 aliphatic carbocycles. The summed E-state index contributed by atoms with van der Waals surface area (Å²) in [6.45, 7) is 3.85. The maximum absolute atomic E-state index is 8.53. The third-order valence-corrected chi connectivity index (χ3v) is 1.42. The Kier molecular flexibility index (Phi) is 3.14. The van der Waals surface area contributed by atoms with E-state index in [2.05, 4.69) is 5.73 Å². The predicted octanol–water partition coefficient (Wildman–Crippen LogP) is 2.47. The fourth-order valence-corrected chi connectivity index (χ4v) is 0.971. The van der Waals surface area contributed by atoms with Crippen LogP contribution < -0.4 is 0 Å². The number of hydrogen-bond acceptors (Lipinski definition) is 2. The van der Waals surface area contributed by atoms with Gasteiger partial charge in [0.05, 0.1) is 23.8 Å². The van der Waals surface area contributed by atoms with Gasteiger partial charge in [0.15, 0.2) is 0 Å². The van der Waals surface area contributed by atoms with Gasteiger partial charge < -0.3 is 4.74 Å². The first kappa shape index (κ1) is 9.38. The summed E-state index contributed by atoms with van der Waals surface area (Å²) in [6.07, 6.45) is 6.99. The summed E-state index contributed by atoms with van der Waals surface area (Å²) in [6, 6.07) is 1.95. The van der Waals surface area contributed by atoms with E-state index in [1.165, 1.54) is 6.08 Å². The number of nitrogens with zero attached hydrogens (tertiary/aromatic N) is 1. The zero-order valence-electron chi connectivity index (χ0n) is 7.74. The van der Waals surface area contributed by atoms with Crippen molar-refractivity contribution >= 4 is 0 Å². The van der Waals surface area contributed by atoms with Crippen LogP contribution >= 0.6 is 0 Å². The second-order valence-corrected chi connectivity index (χ2v) is 2.89. The standard InChI is InChI=1S/C11H11NO/c1-9(2)13-11(7-8-12)10-5-3-4-6-10/h3-5,7,9H,1-2H3/b11-7-. The highest BCUT2D eigenvalue weighted by Crippen LogP contribution is 2.16. The molecule has 0 saturated heterocycles. The summed E-state index contributed by atoms with van der Waals surface area (Å²) in [4.78, 5) is 0. The van der Waals surface area contributed by atoms with E-state index in [9.17, 15) is 0 Å². The minimum atomic E-state index is 0.0721. The lowest BCUT2D eigenvalue weighted by molar-refractivity contribution is 0.155. The number of allylic oxidation sites excluding steroid dienone is 3. The van der Waals surface area contributed by atoms with Crippen LogP contribution in [0.3, 0.4) is 0 Å². The lowest BCUT2D eigenvalue weighted by Crippen LogP contribution is -2.03. The SMILES string of the molecule is CC(C)O/C(=C\C#N)C1=C=CC=C1. The molecule has 0 aromatic rings. The lowest BCUT2D eigenvalue weighted by Gasteiger charge is -2.11. The quantitative estimate of drug-likeness (QED) is 0.373. The molecule has 0 aliphatic heterocycles. The van der Waals surface area contributed by atoms with Crippen LogP contribution in [0.1, 0.15) is 13.8 Å². The van der Waals surface area contributed by atoms with Crippen LogP contribution in [0, 0.1) is 11.3 Å². The largest absolute Gasteiger partial charge is 0.489 e. The first-order valence-corrected chi connectivity index (χ1v) is 4.14. The van der Waals surface area contributed by atoms with Gasteiger partial charge in [0, 0.05) is 0 Å². The fraction of sp³-hybridized carbons (Fsp3) is 0.273. The zero-order chi connectivity index (χ0) is 9.68. The van der Waals surface area contributed by atoms with E-state index in [4.69, 9.17) is 10.00 Å². The molecule has 1 aliphatic rings. The van der Waals surface area contributed by atoms with E-state index in [0.717, 1.165) is 5.57 Å². The van der Waals surface area contributed by atoms with E-state index in [1.807, 2.05) is 32.1 Å². The smallest absolute Gasteiger partial charge is 0.145 e. The van der Waals surface area contributed by atoms with E-state index in [0.29, 0.717) is 5.76 Å². The van der Waals surface area contributed by atoms with Gasteiger partial charge >= 0.3 is 0 Å². The van der Waals surface area contributed by atoms with Gasteiger partial charge in [-0.3, -0.25) is 0 Å². The van der Waals surface area contributed by atoms with Gasteiger partial charge in [-0.1, -0.05) is 6.08 Å². The lowest BCUT2D eigenvalue weighted by atomic mass is 10.2. The maximum Gasteiger partial charge on any atom is 0.145 e. The Balaban J connectivity index is 2.82. The minimum absolute atomic E-state index is 0.0721. The molecule has 0 unspecified atom stereocenters. The van der Waals surface area contributed by atoms with E-state index < -0.39 is 0 Å². The highest BCUT2D eigenvalue weighted by Gasteiger charge is 2.06. The van der Waals surface area contributed by atoms with Gasteiger partial charge in [-0.2, -0.15) is 5.26 Å². The Hall–Kier alpha value is -1.71. The van der Waals surface area contributed by atoms with Crippen molar-refractivity contribution in [2.45, 2.75) is 20.0 Å². The third-order valence-electron chi connectivity index (χ3n) is 1.42. The minimum Gasteiger partial charge on any atom is -0.489 e. The zero-order valence-corrected chi connectivity index (χ0v) is 7.74. The topological polar surface area (TPSA) is 33.0 Å². The predicted molar refractivity (Wildman–Crippen MR) is 50.7 cm³/mol. The van der Waals surface area contributed by atoms with Crippen LogP contribution in [0.15, 0.2) is 41.4 Å². The molecular weight excluding hydrogens is 162 g/mol. The van der Waals surface area contributed by atoms with Crippen molar-refractivity contribution in [2.24, 2.45) is 0 Å². The molecule has 2 heteroatoms. The van der Waals surface area contributed by atoms with Crippen LogP contribution in [-0.4, -0.2) is 6.10 Å². The summed E-state index contributed by atoms with van der Waals surface area (Å²) in [7, 11) is 0. The Morgan fingerprint density at radius 1 is 1.69 bits per heavy atom. The summed E-state index contributed by atoms with van der Waals surface area (Å²) in [5, 5.41) is 8.53. The van der Waals surface area contributed by atoms with Crippen molar-refractivity contribution in [3.63, 3.8) is 0 Å². The van der Waals surface area contributed by atoms with Crippen molar-refractivity contribution in [3.05, 3.63) is 41.4 Å². The van der Waals surface area contributed by atoms with Crippen molar-refractivity contribution in [1.82, 2.24) is 0 Å². The maximum atomic E-state index is 8.53. The molecule has 0 spiro atoms. The van der Waals surface area contributed by atoms with E-state index in [-0.39, 0.29) is 6.10 Å². The molecular formula is C11H11NO. The molecule has 0 radical (unpaired) electrons. The molecule has 2 nitrogen and oxygen atoms in total. The fourth-order valence-electron chi connectivity index (χ4n) is 0.971. The van der Waals surface area contributed by atoms with Gasteiger partial charge in [0.25, 0.3) is 0 Å². The van der Waals surface area contributed by atoms with Crippen LogP contribution in [-0.2, 0) is 4.74 Å². The van der Waals surface area contributed by atoms with Gasteiger partial charge in [0.2, 0.25) is 0 Å². The average molecular weight is 173 g/mol. The molecule has 0 N–H and O–H groups in total. The normalized spacial score (nSPS) is 14.6. The highest BCUT2D eigenvalue weighted by molar-refractivity contribution is 5.43. The van der Waals surface area contributed by atoms with Crippen LogP contribution in [0.5, 0.6) is 0 Å². The molecule has 0 aromatic heterocycles. The van der Waals surface area contributed by atoms with Gasteiger partial charge in [-0.05, 0) is 26.0 Å². The summed E-state index contributed by atoms with van der Waals surface area (Å²) in [5.74, 6) is 0.586. The molecule has 1 rings (SSSR count). The molecule has 0 aromatic carbocycles. The molecule has 0 amide bonds. The second-order valence-electron chi connectivity index (χ2n) is 2.89. The van der Waals surface area contributed by atoms with Crippen LogP contribution in [0.2, 0.25) is 0 Å². The van der Waals surface area contributed by atoms with Gasteiger partial charge in [-0.15, -0.1) is 5.73 Å². The van der Waals surface area contributed by atoms with Crippen molar-refractivity contribution < 1.29 is 4.74 Å². The molecule has 0 fully saturated rings. The van der Waals surface area contributed by atoms with E-state index >= 15 is 0 Å². The number of ether oxygens (including phenoxy) is 1. The Bertz CT molecular complexity index is 347. The Labute approximate surface area is 78.1 Å². The van der Waals surface area contributed by atoms with Crippen molar-refractivity contribution in [1.29, 1.82) is 5.26 Å². The van der Waals surface area contributed by atoms with Gasteiger partial charge in [0.1, 0.15) is 5.76 Å². The Morgan fingerprint density at radius 3 is 2.92 bits per heavy atom. The number of hydrogen-bond donors (Lipinski definition) is 0. The highest BCUT2D eigenvalue weighted by atomic mass is 16.5. The van der Waals surface area contributed by atoms with Crippen LogP contribution in [0.25, 0.3) is 0 Å². The molecule has 0 atom stereocenters. The monoisotopic (exact) mass is 173 g/mol. The molecule has 13 heavy (non-hydrogen) atoms. The molecule has 66 valence electrons. The van der Waals surface area contributed by atoms with Gasteiger partial charge in [-0.25, -0.2) is 0 Å². The number of nitriles is 1. The van der Waals surface area contributed by atoms with Crippen molar-refractivity contribution in [3.8, 4) is 6.07 Å². The molecule has 0 heterocycles. The Morgan fingerprint density at radius 2 is 2.46 bits per heavy atom. The second kappa shape index (κ2) is 4.35. The molecule has 0 saturated carbocycles. The first-order valence-electron chi connectivity index (χ1n) is 4.14. The molecule has 0 bridgehead atoms. The average Bonchev–Trinajstić information content (AvgIpc) is 2.54. The summed E-state index contributed by atoms with van der Waals surface area (Å²) < 4.78 is 5.44. The van der Waals surface area contributed by atoms with Crippen LogP contribution in [0.4, 0.5) is 0 Å². The summed E-state index contributed by atoms with van der Waals surface area (Å²) in [5.41, 5.74) is 3.81. The summed E-state index contributed by atoms with van der Waals surface area (Å²) >= 11 is 0. The third kappa shape index (κ3) is 2.66.